The van der Waals surface area contributed by atoms with E-state index in [0.29, 0.717) is 4.88 Å². The van der Waals surface area contributed by atoms with Crippen LogP contribution in [-0.2, 0) is 9.84 Å². The van der Waals surface area contributed by atoms with Crippen LogP contribution < -0.4 is 5.73 Å². The van der Waals surface area contributed by atoms with Gasteiger partial charge in [-0.2, -0.15) is 0 Å². The highest BCUT2D eigenvalue weighted by molar-refractivity contribution is 7.90. The average Bonchev–Trinajstić information content (AvgIpc) is 2.80. The van der Waals surface area contributed by atoms with E-state index in [0.717, 1.165) is 11.1 Å². The Morgan fingerprint density at radius 2 is 2.16 bits per heavy atom. The van der Waals surface area contributed by atoms with E-state index >= 15 is 0 Å². The number of sulfone groups is 1. The van der Waals surface area contributed by atoms with E-state index in [1.165, 1.54) is 16.2 Å². The number of rotatable bonds is 4. The summed E-state index contributed by atoms with van der Waals surface area (Å²) in [6.07, 6.45) is 1.15. The fourth-order valence-corrected chi connectivity index (χ4v) is 2.73. The SMILES string of the molecule is CN(CCS(C)(=O)=O)C(=O)c1ccc(C#CCN)s1. The van der Waals surface area contributed by atoms with Crippen LogP contribution in [0, 0.1) is 11.8 Å². The number of amides is 1. The summed E-state index contributed by atoms with van der Waals surface area (Å²) in [6.45, 7) is 0.453. The Bertz CT molecular complexity index is 608. The molecule has 104 valence electrons. The lowest BCUT2D eigenvalue weighted by Crippen LogP contribution is -2.30. The molecule has 0 saturated heterocycles. The monoisotopic (exact) mass is 300 g/mol. The molecule has 0 bridgehead atoms. The van der Waals surface area contributed by atoms with Gasteiger partial charge in [0.15, 0.2) is 0 Å². The van der Waals surface area contributed by atoms with Crippen molar-refractivity contribution in [3.63, 3.8) is 0 Å². The number of nitrogens with zero attached hydrogens (tertiary/aromatic N) is 1. The maximum Gasteiger partial charge on any atom is 0.263 e. The molecule has 1 rings (SSSR count). The Balaban J connectivity index is 2.69. The van der Waals surface area contributed by atoms with Crippen LogP contribution in [0.1, 0.15) is 14.5 Å². The number of carbonyl (C=O) groups excluding carboxylic acids is 1. The minimum absolute atomic E-state index is 0.0412. The van der Waals surface area contributed by atoms with Crippen molar-refractivity contribution in [3.05, 3.63) is 21.9 Å². The lowest BCUT2D eigenvalue weighted by atomic mass is 10.4. The van der Waals surface area contributed by atoms with Crippen LogP contribution in [0.5, 0.6) is 0 Å². The predicted octanol–water partition coefficient (Wildman–Crippen LogP) is 0.175. The maximum atomic E-state index is 12.0. The van der Waals surface area contributed by atoms with Gasteiger partial charge in [0.25, 0.3) is 5.91 Å². The van der Waals surface area contributed by atoms with Crippen molar-refractivity contribution in [2.24, 2.45) is 5.73 Å². The molecule has 0 spiro atoms. The molecule has 0 atom stereocenters. The van der Waals surface area contributed by atoms with Crippen LogP contribution >= 0.6 is 11.3 Å². The van der Waals surface area contributed by atoms with Gasteiger partial charge in [0.2, 0.25) is 0 Å². The van der Waals surface area contributed by atoms with Crippen LogP contribution in [-0.4, -0.2) is 51.4 Å². The molecule has 7 heteroatoms. The van der Waals surface area contributed by atoms with Crippen LogP contribution in [0.3, 0.4) is 0 Å². The fraction of sp³-hybridized carbons (Fsp3) is 0.417. The molecular formula is C12H16N2O3S2. The van der Waals surface area contributed by atoms with Gasteiger partial charge in [-0.3, -0.25) is 4.79 Å². The topological polar surface area (TPSA) is 80.5 Å². The summed E-state index contributed by atoms with van der Waals surface area (Å²) in [4.78, 5) is 14.7. The molecular weight excluding hydrogens is 284 g/mol. The van der Waals surface area contributed by atoms with Crippen LogP contribution in [0.25, 0.3) is 0 Å². The summed E-state index contributed by atoms with van der Waals surface area (Å²) in [5.74, 6) is 5.33. The molecule has 0 aliphatic rings. The van der Waals surface area contributed by atoms with Crippen molar-refractivity contribution >= 4 is 27.1 Å². The fourth-order valence-electron chi connectivity index (χ4n) is 1.25. The van der Waals surface area contributed by atoms with Gasteiger partial charge in [0.05, 0.1) is 22.1 Å². The summed E-state index contributed by atoms with van der Waals surface area (Å²) in [6, 6.07) is 3.44. The molecule has 0 fully saturated rings. The number of thiophene rings is 1. The van der Waals surface area contributed by atoms with Crippen LogP contribution in [0.2, 0.25) is 0 Å². The van der Waals surface area contributed by atoms with Gasteiger partial charge in [-0.05, 0) is 12.1 Å². The van der Waals surface area contributed by atoms with E-state index in [1.807, 2.05) is 0 Å². The van der Waals surface area contributed by atoms with E-state index in [4.69, 9.17) is 5.73 Å². The molecule has 5 nitrogen and oxygen atoms in total. The quantitative estimate of drug-likeness (QED) is 0.804. The maximum absolute atomic E-state index is 12.0. The van der Waals surface area contributed by atoms with Crippen molar-refractivity contribution in [2.75, 3.05) is 32.1 Å². The molecule has 1 heterocycles. The normalized spacial score (nSPS) is 10.7. The number of nitrogens with two attached hydrogens (primary N) is 1. The first kappa shape index (κ1) is 15.7. The lowest BCUT2D eigenvalue weighted by molar-refractivity contribution is 0.0808. The average molecular weight is 300 g/mol. The van der Waals surface area contributed by atoms with Gasteiger partial charge < -0.3 is 10.6 Å². The standard InChI is InChI=1S/C12H16N2O3S2/c1-14(8-9-19(2,16)17)12(15)11-6-5-10(18-11)4-3-7-13/h5-6H,7-9,13H2,1-2H3. The Morgan fingerprint density at radius 1 is 1.47 bits per heavy atom. The largest absolute Gasteiger partial charge is 0.340 e. The van der Waals surface area contributed by atoms with Crippen molar-refractivity contribution < 1.29 is 13.2 Å². The van der Waals surface area contributed by atoms with Crippen molar-refractivity contribution in [1.82, 2.24) is 4.90 Å². The molecule has 0 saturated carbocycles. The highest BCUT2D eigenvalue weighted by atomic mass is 32.2. The minimum Gasteiger partial charge on any atom is -0.340 e. The zero-order chi connectivity index (χ0) is 14.5. The third-order valence-corrected chi connectivity index (χ3v) is 4.19. The predicted molar refractivity (Wildman–Crippen MR) is 76.9 cm³/mol. The second-order valence-corrected chi connectivity index (χ2v) is 7.37. The van der Waals surface area contributed by atoms with Crippen LogP contribution in [0.15, 0.2) is 12.1 Å². The van der Waals surface area contributed by atoms with Crippen LogP contribution in [0.4, 0.5) is 0 Å². The van der Waals surface area contributed by atoms with Gasteiger partial charge in [-0.1, -0.05) is 11.8 Å². The van der Waals surface area contributed by atoms with E-state index in [9.17, 15) is 13.2 Å². The Hall–Kier alpha value is -1.36. The first-order valence-corrected chi connectivity index (χ1v) is 8.43. The molecule has 1 aromatic rings. The van der Waals surface area contributed by atoms with Crippen molar-refractivity contribution in [1.29, 1.82) is 0 Å². The minimum atomic E-state index is -3.07. The van der Waals surface area contributed by atoms with Crippen molar-refractivity contribution in [3.8, 4) is 11.8 Å². The molecule has 19 heavy (non-hydrogen) atoms. The molecule has 1 aromatic heterocycles. The summed E-state index contributed by atoms with van der Waals surface area (Å²) in [5.41, 5.74) is 5.27. The Kier molecular flexibility index (Phi) is 5.54. The second-order valence-electron chi connectivity index (χ2n) is 4.03. The van der Waals surface area contributed by atoms with E-state index in [1.54, 1.807) is 19.2 Å². The zero-order valence-electron chi connectivity index (χ0n) is 10.8. The van der Waals surface area contributed by atoms with Gasteiger partial charge in [-0.25, -0.2) is 8.42 Å². The Labute approximate surface area is 117 Å². The van der Waals surface area contributed by atoms with Gasteiger partial charge in [-0.15, -0.1) is 11.3 Å². The molecule has 0 aromatic carbocycles. The van der Waals surface area contributed by atoms with Gasteiger partial charge in [0.1, 0.15) is 9.84 Å². The third kappa shape index (κ3) is 5.42. The summed E-state index contributed by atoms with van der Waals surface area (Å²) in [7, 11) is -1.49. The molecule has 1 amide bonds. The highest BCUT2D eigenvalue weighted by Crippen LogP contribution is 2.17. The number of hydrogen-bond acceptors (Lipinski definition) is 5. The first-order valence-electron chi connectivity index (χ1n) is 5.55. The molecule has 0 aliphatic heterocycles. The second kappa shape index (κ2) is 6.70. The van der Waals surface area contributed by atoms with Crippen molar-refractivity contribution in [2.45, 2.75) is 0 Å². The Morgan fingerprint density at radius 3 is 2.74 bits per heavy atom. The first-order chi connectivity index (χ1) is 8.83. The number of carbonyl (C=O) groups is 1. The zero-order valence-corrected chi connectivity index (χ0v) is 12.5. The summed E-state index contributed by atoms with van der Waals surface area (Å²) < 4.78 is 22.1. The third-order valence-electron chi connectivity index (χ3n) is 2.27. The van der Waals surface area contributed by atoms with Gasteiger partial charge in [0, 0.05) is 19.8 Å². The molecule has 0 radical (unpaired) electrons. The highest BCUT2D eigenvalue weighted by Gasteiger charge is 2.15. The molecule has 2 N–H and O–H groups in total. The lowest BCUT2D eigenvalue weighted by Gasteiger charge is -2.15. The summed E-state index contributed by atoms with van der Waals surface area (Å²) in [5, 5.41) is 0. The molecule has 0 aliphatic carbocycles. The van der Waals surface area contributed by atoms with E-state index < -0.39 is 9.84 Å². The van der Waals surface area contributed by atoms with E-state index in [2.05, 4.69) is 11.8 Å². The molecule has 0 unspecified atom stereocenters. The smallest absolute Gasteiger partial charge is 0.263 e. The van der Waals surface area contributed by atoms with E-state index in [-0.39, 0.29) is 24.7 Å². The van der Waals surface area contributed by atoms with Gasteiger partial charge >= 0.3 is 0 Å². The summed E-state index contributed by atoms with van der Waals surface area (Å²) >= 11 is 1.27. The number of hydrogen-bond donors (Lipinski definition) is 1.